The Labute approximate surface area is 197 Å². The summed E-state index contributed by atoms with van der Waals surface area (Å²) in [7, 11) is 3.15. The number of rotatable bonds is 9. The van der Waals surface area contributed by atoms with Crippen molar-refractivity contribution in [3.8, 4) is 23.1 Å². The first-order valence-corrected chi connectivity index (χ1v) is 12.4. The van der Waals surface area contributed by atoms with Crippen LogP contribution in [-0.2, 0) is 0 Å². The highest BCUT2D eigenvalue weighted by molar-refractivity contribution is 7.99. The first kappa shape index (κ1) is 22.1. The van der Waals surface area contributed by atoms with Gasteiger partial charge >= 0.3 is 0 Å². The number of ether oxygens (including phenoxy) is 2. The smallest absolute Gasteiger partial charge is 0.200 e. The molecule has 7 nitrogen and oxygen atoms in total. The summed E-state index contributed by atoms with van der Waals surface area (Å²) >= 11 is 1.42. The molecule has 0 aliphatic heterocycles. The molecular weight excluding hydrogens is 438 g/mol. The predicted octanol–water partition coefficient (Wildman–Crippen LogP) is 5.53. The van der Waals surface area contributed by atoms with Crippen molar-refractivity contribution in [1.29, 1.82) is 0 Å². The highest BCUT2D eigenvalue weighted by atomic mass is 32.2. The van der Waals surface area contributed by atoms with Crippen molar-refractivity contribution in [3.05, 3.63) is 42.2 Å². The Kier molecular flexibility index (Phi) is 6.19. The summed E-state index contributed by atoms with van der Waals surface area (Å²) in [5.41, 5.74) is 0.582. The van der Waals surface area contributed by atoms with E-state index < -0.39 is 0 Å². The molecule has 0 spiro atoms. The van der Waals surface area contributed by atoms with Crippen LogP contribution in [-0.4, -0.2) is 40.5 Å². The number of furan rings is 1. The fourth-order valence-electron chi connectivity index (χ4n) is 5.62. The summed E-state index contributed by atoms with van der Waals surface area (Å²) < 4.78 is 18.5. The van der Waals surface area contributed by atoms with Crippen molar-refractivity contribution in [3.63, 3.8) is 0 Å². The minimum absolute atomic E-state index is 0.00243. The third-order valence-corrected chi connectivity index (χ3v) is 8.21. The number of thioether (sulfide) groups is 1. The van der Waals surface area contributed by atoms with Crippen molar-refractivity contribution < 1.29 is 18.7 Å². The van der Waals surface area contributed by atoms with Crippen LogP contribution < -0.4 is 9.47 Å². The molecule has 2 aliphatic rings. The number of hydrogen-bond acceptors (Lipinski definition) is 7. The number of carbonyl (C=O) groups is 1. The average Bonchev–Trinajstić information content (AvgIpc) is 3.65. The van der Waals surface area contributed by atoms with Gasteiger partial charge in [0.05, 0.1) is 26.2 Å². The Morgan fingerprint density at radius 2 is 2.03 bits per heavy atom. The molecule has 2 bridgehead atoms. The molecule has 5 rings (SSSR count). The molecule has 3 aromatic rings. The van der Waals surface area contributed by atoms with Gasteiger partial charge < -0.3 is 13.9 Å². The molecule has 0 saturated heterocycles. The van der Waals surface area contributed by atoms with Gasteiger partial charge in [0.25, 0.3) is 0 Å². The molecule has 8 heteroatoms. The molecule has 2 aliphatic carbocycles. The number of carbonyl (C=O) groups excluding carboxylic acids is 1. The third kappa shape index (κ3) is 4.16. The van der Waals surface area contributed by atoms with Crippen molar-refractivity contribution in [2.75, 3.05) is 20.0 Å². The van der Waals surface area contributed by atoms with Crippen LogP contribution in [0.5, 0.6) is 11.5 Å². The second kappa shape index (κ2) is 9.25. The lowest BCUT2D eigenvalue weighted by molar-refractivity contribution is 0.102. The zero-order valence-electron chi connectivity index (χ0n) is 19.2. The van der Waals surface area contributed by atoms with Gasteiger partial charge in [0.2, 0.25) is 5.82 Å². The SMILES string of the molecule is COc1ccc(C(=O)CSc2nnc(-c3ccco3)n2[C@H](C)[C@H]2C[C@H]3CC[C@H]2C3)cc1OC. The maximum absolute atomic E-state index is 13.0. The quantitative estimate of drug-likeness (QED) is 0.302. The summed E-state index contributed by atoms with van der Waals surface area (Å²) in [4.78, 5) is 13.0. The summed E-state index contributed by atoms with van der Waals surface area (Å²) in [5.74, 6) is 5.07. The minimum atomic E-state index is 0.00243. The van der Waals surface area contributed by atoms with E-state index >= 15 is 0 Å². The number of nitrogens with zero attached hydrogens (tertiary/aromatic N) is 3. The van der Waals surface area contributed by atoms with Crippen LogP contribution in [0.4, 0.5) is 0 Å². The number of ketones is 1. The molecule has 174 valence electrons. The van der Waals surface area contributed by atoms with Crippen LogP contribution >= 0.6 is 11.8 Å². The Morgan fingerprint density at radius 1 is 1.18 bits per heavy atom. The number of hydrogen-bond donors (Lipinski definition) is 0. The molecule has 33 heavy (non-hydrogen) atoms. The van der Waals surface area contributed by atoms with Gasteiger partial charge in [-0.3, -0.25) is 9.36 Å². The van der Waals surface area contributed by atoms with Crippen LogP contribution in [0, 0.1) is 17.8 Å². The van der Waals surface area contributed by atoms with Gasteiger partial charge in [-0.15, -0.1) is 10.2 Å². The number of benzene rings is 1. The van der Waals surface area contributed by atoms with Crippen molar-refractivity contribution in [2.24, 2.45) is 17.8 Å². The van der Waals surface area contributed by atoms with Gasteiger partial charge in [-0.2, -0.15) is 0 Å². The monoisotopic (exact) mass is 467 g/mol. The second-order valence-corrected chi connectivity index (χ2v) is 9.96. The highest BCUT2D eigenvalue weighted by Crippen LogP contribution is 2.53. The molecule has 4 atom stereocenters. The minimum Gasteiger partial charge on any atom is -0.493 e. The molecule has 2 heterocycles. The molecule has 0 radical (unpaired) electrons. The Bertz CT molecular complexity index is 1130. The lowest BCUT2D eigenvalue weighted by atomic mass is 9.84. The van der Waals surface area contributed by atoms with Crippen LogP contribution in [0.2, 0.25) is 0 Å². The van der Waals surface area contributed by atoms with E-state index in [-0.39, 0.29) is 17.6 Å². The Morgan fingerprint density at radius 3 is 2.70 bits per heavy atom. The van der Waals surface area contributed by atoms with Gasteiger partial charge in [0.1, 0.15) is 0 Å². The number of Topliss-reactive ketones (excluding diaryl/α,β-unsaturated/α-hetero) is 1. The number of methoxy groups -OCH3 is 2. The first-order chi connectivity index (χ1) is 16.1. The van der Waals surface area contributed by atoms with Crippen LogP contribution in [0.25, 0.3) is 11.6 Å². The van der Waals surface area contributed by atoms with Crippen LogP contribution in [0.15, 0.2) is 46.2 Å². The molecule has 1 aromatic carbocycles. The lowest BCUT2D eigenvalue weighted by Gasteiger charge is -2.30. The predicted molar refractivity (Wildman–Crippen MR) is 126 cm³/mol. The molecule has 0 unspecified atom stereocenters. The van der Waals surface area contributed by atoms with Crippen molar-refractivity contribution >= 4 is 17.5 Å². The van der Waals surface area contributed by atoms with E-state index in [9.17, 15) is 4.79 Å². The largest absolute Gasteiger partial charge is 0.493 e. The highest BCUT2D eigenvalue weighted by Gasteiger charge is 2.43. The van der Waals surface area contributed by atoms with Gasteiger partial charge in [0, 0.05) is 11.6 Å². The van der Waals surface area contributed by atoms with Gasteiger partial charge in [-0.1, -0.05) is 18.2 Å². The molecule has 0 amide bonds. The maximum Gasteiger partial charge on any atom is 0.200 e. The van der Waals surface area contributed by atoms with Crippen molar-refractivity contribution in [1.82, 2.24) is 14.8 Å². The average molecular weight is 468 g/mol. The molecular formula is C25H29N3O4S. The third-order valence-electron chi connectivity index (χ3n) is 7.26. The fraction of sp³-hybridized carbons (Fsp3) is 0.480. The Hall–Kier alpha value is -2.74. The van der Waals surface area contributed by atoms with E-state index in [1.807, 2.05) is 12.1 Å². The Balaban J connectivity index is 1.39. The maximum atomic E-state index is 13.0. The lowest BCUT2D eigenvalue weighted by Crippen LogP contribution is -2.23. The van der Waals surface area contributed by atoms with E-state index in [2.05, 4.69) is 21.7 Å². The fourth-order valence-corrected chi connectivity index (χ4v) is 6.53. The zero-order chi connectivity index (χ0) is 22.9. The number of fused-ring (bicyclic) bond motifs is 2. The van der Waals surface area contributed by atoms with E-state index in [4.69, 9.17) is 13.9 Å². The van der Waals surface area contributed by atoms with Gasteiger partial charge in [-0.05, 0) is 74.3 Å². The van der Waals surface area contributed by atoms with Gasteiger partial charge in [0.15, 0.2) is 28.2 Å². The standard InChI is InChI=1S/C25H29N3O4S/c1-15(19-12-16-6-7-17(19)11-16)28-24(22-5-4-10-32-22)26-27-25(28)33-14-20(29)18-8-9-21(30-2)23(13-18)31-3/h4-5,8-10,13,15-17,19H,6-7,11-12,14H2,1-3H3/t15-,16+,17+,19-/m1/s1. The van der Waals surface area contributed by atoms with E-state index in [0.717, 1.165) is 22.8 Å². The number of aromatic nitrogens is 3. The summed E-state index contributed by atoms with van der Waals surface area (Å²) in [6.45, 7) is 2.27. The second-order valence-electron chi connectivity index (χ2n) is 9.01. The van der Waals surface area contributed by atoms with Crippen LogP contribution in [0.3, 0.4) is 0 Å². The topological polar surface area (TPSA) is 79.4 Å². The molecule has 0 N–H and O–H groups in total. The molecule has 2 aromatic heterocycles. The zero-order valence-corrected chi connectivity index (χ0v) is 20.0. The first-order valence-electron chi connectivity index (χ1n) is 11.5. The van der Waals surface area contributed by atoms with E-state index in [1.54, 1.807) is 38.7 Å². The molecule has 2 fully saturated rings. The van der Waals surface area contributed by atoms with Crippen molar-refractivity contribution in [2.45, 2.75) is 43.8 Å². The molecule has 2 saturated carbocycles. The van der Waals surface area contributed by atoms with Crippen LogP contribution in [0.1, 0.15) is 49.0 Å². The van der Waals surface area contributed by atoms with E-state index in [1.165, 1.54) is 37.4 Å². The normalized spacial score (nSPS) is 22.5. The summed E-state index contributed by atoms with van der Waals surface area (Å²) in [5, 5.41) is 9.69. The summed E-state index contributed by atoms with van der Waals surface area (Å²) in [6, 6.07) is 9.26. The van der Waals surface area contributed by atoms with Gasteiger partial charge in [-0.25, -0.2) is 0 Å². The summed E-state index contributed by atoms with van der Waals surface area (Å²) in [6.07, 6.45) is 6.94. The van der Waals surface area contributed by atoms with E-state index in [0.29, 0.717) is 28.7 Å².